The number of hydrogen-bond donors (Lipinski definition) is 0. The van der Waals surface area contributed by atoms with E-state index in [1.165, 1.54) is 0 Å². The van der Waals surface area contributed by atoms with Crippen LogP contribution in [0, 0.1) is 0 Å². The Morgan fingerprint density at radius 1 is 0.593 bits per heavy atom. The first-order valence-corrected chi connectivity index (χ1v) is 4.84. The van der Waals surface area contributed by atoms with Crippen LogP contribution in [-0.4, -0.2) is 98.2 Å². The fraction of sp³-hybridized carbons (Fsp3) is 0.800. The number of hydrogen-bond acceptors (Lipinski definition) is 4. The number of likely N-dealkylation sites (N-methyl/N-ethyl adjacent to an activating group) is 2. The normalized spacial score (nSPS) is 6.74. The molecule has 0 aliphatic heterocycles. The number of carbonyl (C=O) groups is 2. The van der Waals surface area contributed by atoms with Crippen molar-refractivity contribution in [3.05, 3.63) is 0 Å². The molecule has 183 valence electrons. The van der Waals surface area contributed by atoms with Gasteiger partial charge in [-0.3, -0.25) is 0 Å². The van der Waals surface area contributed by atoms with Gasteiger partial charge in [0.2, 0.25) is 0 Å². The van der Waals surface area contributed by atoms with Gasteiger partial charge in [0.15, 0.2) is 0 Å². The third kappa shape index (κ3) is 154. The van der Waals surface area contributed by atoms with Crippen molar-refractivity contribution in [1.29, 1.82) is 0 Å². The van der Waals surface area contributed by atoms with Crippen molar-refractivity contribution in [2.24, 2.45) is 0 Å². The predicted octanol–water partition coefficient (Wildman–Crippen LogP) is -16.1. The van der Waals surface area contributed by atoms with Crippen molar-refractivity contribution >= 4 is 11.9 Å². The second-order valence-electron chi connectivity index (χ2n) is 5.64. The number of carboxylic acids is 2. The summed E-state index contributed by atoms with van der Waals surface area (Å²) in [5.74, 6) is -2.00. The number of aliphatic carboxylic acids is 2. The summed E-state index contributed by atoms with van der Waals surface area (Å²) in [7, 11) is 10.8. The van der Waals surface area contributed by atoms with Gasteiger partial charge < -0.3 is 97.4 Å². The molecule has 20 N–H and O–H groups in total. The molecule has 0 spiro atoms. The summed E-state index contributed by atoms with van der Waals surface area (Å²) in [6, 6.07) is 0. The van der Waals surface area contributed by atoms with Gasteiger partial charge in [-0.2, -0.15) is 0 Å². The van der Waals surface area contributed by atoms with E-state index in [1.807, 2.05) is 0 Å². The number of nitrogens with zero attached hydrogens (tertiary/aromatic N) is 2. The van der Waals surface area contributed by atoms with E-state index in [-0.39, 0.29) is 98.5 Å². The second-order valence-corrected chi connectivity index (χ2v) is 5.64. The van der Waals surface area contributed by atoms with Gasteiger partial charge in [0.1, 0.15) is 13.1 Å². The molecule has 1 radical (unpaired) electrons. The maximum Gasteiger partial charge on any atom is 2.00 e. The first kappa shape index (κ1) is 94.2. The van der Waals surface area contributed by atoms with Gasteiger partial charge in [-0.25, -0.2) is 0 Å². The first-order valence-electron chi connectivity index (χ1n) is 4.84. The predicted molar refractivity (Wildman–Crippen MR) is 89.8 cm³/mol. The van der Waals surface area contributed by atoms with Crippen molar-refractivity contribution in [3.63, 3.8) is 0 Å². The summed E-state index contributed by atoms with van der Waals surface area (Å²) in [4.78, 5) is 19.8. The Balaban J connectivity index is -0.00000000938. The van der Waals surface area contributed by atoms with Crippen molar-refractivity contribution in [3.8, 4) is 0 Å². The van der Waals surface area contributed by atoms with Gasteiger partial charge in [0, 0.05) is 0 Å². The van der Waals surface area contributed by atoms with Crippen LogP contribution in [0.3, 0.4) is 0 Å². The molecule has 0 atom stereocenters. The fourth-order valence-electron chi connectivity index (χ4n) is 0.775. The van der Waals surface area contributed by atoms with Gasteiger partial charge in [-0.15, -0.1) is 0 Å². The van der Waals surface area contributed by atoms with Crippen molar-refractivity contribution in [2.75, 3.05) is 55.4 Å². The molecule has 0 aromatic heterocycles. The molecule has 0 saturated carbocycles. The van der Waals surface area contributed by atoms with Crippen LogP contribution in [0.4, 0.5) is 0 Å². The van der Waals surface area contributed by atoms with Crippen molar-refractivity contribution in [2.45, 2.75) is 0 Å². The molecule has 0 aliphatic carbocycles. The Bertz CT molecular complexity index is 240. The fourth-order valence-corrected chi connectivity index (χ4v) is 0.775. The molecule has 0 heterocycles. The van der Waals surface area contributed by atoms with Crippen LogP contribution in [-0.2, 0) is 48.3 Å². The molecule has 0 aliphatic rings. The third-order valence-electron chi connectivity index (χ3n) is 1.21. The monoisotopic (exact) mass is 511 g/mol. The molecule has 14 nitrogen and oxygen atoms in total. The molecule has 27 heavy (non-hydrogen) atoms. The van der Waals surface area contributed by atoms with Gasteiger partial charge in [0.25, 0.3) is 0 Å². The number of rotatable bonds is 4. The van der Waals surface area contributed by atoms with Crippen molar-refractivity contribution < 1.29 is 114 Å². The Morgan fingerprint density at radius 2 is 0.704 bits per heavy atom. The van der Waals surface area contributed by atoms with Crippen LogP contribution in [0.2, 0.25) is 0 Å². The van der Waals surface area contributed by atoms with E-state index in [2.05, 4.69) is 0 Å². The van der Waals surface area contributed by atoms with Gasteiger partial charge >= 0.3 is 16.8 Å². The van der Waals surface area contributed by atoms with Crippen LogP contribution < -0.4 is 35.0 Å². The number of quaternary nitrogens is 2. The van der Waals surface area contributed by atoms with E-state index < -0.39 is 11.9 Å². The van der Waals surface area contributed by atoms with E-state index >= 15 is 0 Å². The minimum Gasteiger partial charge on any atom is -1.00 e. The molecule has 0 fully saturated rings. The number of carboxylic acid groups (broad SMARTS) is 2. The molecule has 0 aromatic rings. The molecule has 0 unspecified atom stereocenters. The zero-order valence-corrected chi connectivity index (χ0v) is 18.9. The van der Waals surface area contributed by atoms with E-state index in [0.29, 0.717) is 8.97 Å². The summed E-state index contributed by atoms with van der Waals surface area (Å²) >= 11 is 0. The molecule has 0 amide bonds. The molecular weight excluding hydrogens is 470 g/mol. The Hall–Kier alpha value is -0.374. The van der Waals surface area contributed by atoms with E-state index in [1.54, 1.807) is 42.3 Å². The molecule has 17 heteroatoms. The van der Waals surface area contributed by atoms with Gasteiger partial charge in [-0.05, 0) is 0 Å². The molecular formula is C10H42Cl2CoN2O12+4. The molecule has 0 rings (SSSR count). The Morgan fingerprint density at radius 3 is 0.704 bits per heavy atom. The van der Waals surface area contributed by atoms with Crippen LogP contribution in [0.15, 0.2) is 0 Å². The summed E-state index contributed by atoms with van der Waals surface area (Å²) in [6.07, 6.45) is 0. The summed E-state index contributed by atoms with van der Waals surface area (Å²) < 4.78 is 0.838. The number of halogens is 2. The Labute approximate surface area is 181 Å². The van der Waals surface area contributed by atoms with E-state index in [9.17, 15) is 19.8 Å². The van der Waals surface area contributed by atoms with Crippen LogP contribution >= 0.6 is 0 Å². The first-order chi connectivity index (χ1) is 6.83. The zero-order chi connectivity index (χ0) is 13.6. The minimum atomic E-state index is -1.00. The Kier molecular flexibility index (Phi) is 141. The smallest absolute Gasteiger partial charge is 1.00 e. The number of carbonyl (C=O) groups excluding carboxylic acids is 2. The largest absolute Gasteiger partial charge is 2.00 e. The van der Waals surface area contributed by atoms with Crippen LogP contribution in [0.1, 0.15) is 0 Å². The van der Waals surface area contributed by atoms with E-state index in [0.717, 1.165) is 0 Å². The zero-order valence-electron chi connectivity index (χ0n) is 16.3. The second kappa shape index (κ2) is 40.3. The van der Waals surface area contributed by atoms with Crippen molar-refractivity contribution in [1.82, 2.24) is 0 Å². The SMILES string of the molecule is C[N+](C)(C)CC(=O)[O-].C[N+](C)(C)CC(=O)[O-].O.O.O.O.[Cl-].[Cl-].[Co+2].[OH3+].[OH3+].[OH3+].[OH3+]. The summed E-state index contributed by atoms with van der Waals surface area (Å²) in [5.41, 5.74) is 0. The maximum atomic E-state index is 9.89. The summed E-state index contributed by atoms with van der Waals surface area (Å²) in [5, 5.41) is 19.8. The minimum absolute atomic E-state index is 0. The topological polar surface area (TPSA) is 338 Å². The standard InChI is InChI=1S/2C5H11NO2.2ClH.Co.8H2O/c2*1-6(2,3)4-5(7)8;;;;;;;;;;;/h2*4H2,1-3H3;2*1H;;8*1H2/q;;;;+2;;;;;;;;/p+2. The van der Waals surface area contributed by atoms with Gasteiger partial charge in [0.05, 0.1) is 54.2 Å². The van der Waals surface area contributed by atoms with Crippen LogP contribution in [0.25, 0.3) is 0 Å². The third-order valence-corrected chi connectivity index (χ3v) is 1.21. The van der Waals surface area contributed by atoms with Crippen LogP contribution in [0.5, 0.6) is 0 Å². The molecule has 0 aromatic carbocycles. The average Bonchev–Trinajstić information content (AvgIpc) is 1.72. The quantitative estimate of drug-likeness (QED) is 0.261. The summed E-state index contributed by atoms with van der Waals surface area (Å²) in [6.45, 7) is 0.139. The average molecular weight is 512 g/mol. The van der Waals surface area contributed by atoms with E-state index in [4.69, 9.17) is 0 Å². The molecule has 0 saturated heterocycles. The van der Waals surface area contributed by atoms with Gasteiger partial charge in [-0.1, -0.05) is 0 Å². The maximum absolute atomic E-state index is 9.89. The molecule has 0 bridgehead atoms.